The molecule has 1 aliphatic heterocycles. The number of nitrogens with one attached hydrogen (secondary N) is 1. The number of aromatic nitrogens is 2. The summed E-state index contributed by atoms with van der Waals surface area (Å²) in [5.41, 5.74) is 1.90. The molecule has 31 heavy (non-hydrogen) atoms. The molecule has 0 spiro atoms. The molecule has 1 atom stereocenters. The summed E-state index contributed by atoms with van der Waals surface area (Å²) in [6.45, 7) is 4.15. The van der Waals surface area contributed by atoms with Gasteiger partial charge in [-0.2, -0.15) is 4.37 Å². The Labute approximate surface area is 194 Å². The van der Waals surface area contributed by atoms with Crippen LogP contribution in [-0.2, 0) is 6.42 Å². The van der Waals surface area contributed by atoms with Gasteiger partial charge in [-0.05, 0) is 48.9 Å². The van der Waals surface area contributed by atoms with Crippen LogP contribution in [0.3, 0.4) is 0 Å². The van der Waals surface area contributed by atoms with E-state index in [1.807, 2.05) is 53.4 Å². The van der Waals surface area contributed by atoms with Crippen LogP contribution in [0.4, 0.5) is 15.6 Å². The predicted octanol–water partition coefficient (Wildman–Crippen LogP) is 4.64. The Hall–Kier alpha value is -2.65. The molecule has 0 aliphatic carbocycles. The summed E-state index contributed by atoms with van der Waals surface area (Å²) in [6.07, 6.45) is 0.665. The first kappa shape index (κ1) is 21.6. The third-order valence-electron chi connectivity index (χ3n) is 5.21. The highest BCUT2D eigenvalue weighted by atomic mass is 79.9. The molecule has 1 saturated heterocycles. The molecular formula is C22H24BrN5O2S. The number of amides is 2. The van der Waals surface area contributed by atoms with Crippen molar-refractivity contribution < 1.29 is 9.53 Å². The van der Waals surface area contributed by atoms with E-state index in [1.165, 1.54) is 11.5 Å². The average Bonchev–Trinajstić information content (AvgIpc) is 3.23. The van der Waals surface area contributed by atoms with Crippen molar-refractivity contribution in [1.82, 2.24) is 14.3 Å². The third kappa shape index (κ3) is 5.34. The van der Waals surface area contributed by atoms with Gasteiger partial charge in [0.1, 0.15) is 11.6 Å². The molecule has 9 heteroatoms. The molecule has 1 unspecified atom stereocenters. The van der Waals surface area contributed by atoms with E-state index in [9.17, 15) is 4.79 Å². The highest BCUT2D eigenvalue weighted by molar-refractivity contribution is 9.10. The number of methoxy groups -OCH3 is 1. The van der Waals surface area contributed by atoms with E-state index in [0.29, 0.717) is 13.0 Å². The Bertz CT molecular complexity index is 1040. The van der Waals surface area contributed by atoms with Crippen molar-refractivity contribution in [1.29, 1.82) is 0 Å². The van der Waals surface area contributed by atoms with Gasteiger partial charge in [0.2, 0.25) is 5.13 Å². The van der Waals surface area contributed by atoms with Crippen molar-refractivity contribution in [3.63, 3.8) is 0 Å². The second kappa shape index (κ2) is 9.65. The quantitative estimate of drug-likeness (QED) is 0.551. The number of piperazine rings is 1. The van der Waals surface area contributed by atoms with Gasteiger partial charge in [0.15, 0.2) is 0 Å². The largest absolute Gasteiger partial charge is 0.497 e. The lowest BCUT2D eigenvalue weighted by Crippen LogP contribution is -2.55. The van der Waals surface area contributed by atoms with Crippen LogP contribution in [0, 0.1) is 0 Å². The van der Waals surface area contributed by atoms with Gasteiger partial charge in [-0.15, -0.1) is 0 Å². The van der Waals surface area contributed by atoms with E-state index >= 15 is 0 Å². The Morgan fingerprint density at radius 2 is 2.06 bits per heavy atom. The van der Waals surface area contributed by atoms with Gasteiger partial charge < -0.3 is 19.9 Å². The molecular weight excluding hydrogens is 478 g/mol. The van der Waals surface area contributed by atoms with Crippen molar-refractivity contribution in [2.24, 2.45) is 0 Å². The second-order valence-electron chi connectivity index (χ2n) is 7.45. The van der Waals surface area contributed by atoms with E-state index in [4.69, 9.17) is 9.72 Å². The minimum atomic E-state index is -0.0783. The highest BCUT2D eigenvalue weighted by Crippen LogP contribution is 2.24. The normalized spacial score (nSPS) is 16.3. The number of carbonyl (C=O) groups is 1. The van der Waals surface area contributed by atoms with Crippen LogP contribution in [0.1, 0.15) is 18.3 Å². The number of nitrogens with zero attached hydrogens (tertiary/aromatic N) is 4. The summed E-state index contributed by atoms with van der Waals surface area (Å²) in [5, 5.41) is 3.88. The number of halogens is 1. The molecule has 3 aromatic rings. The molecule has 0 saturated carbocycles. The van der Waals surface area contributed by atoms with E-state index in [-0.39, 0.29) is 12.1 Å². The number of benzene rings is 2. The molecule has 0 radical (unpaired) electrons. The van der Waals surface area contributed by atoms with Gasteiger partial charge in [-0.3, -0.25) is 0 Å². The van der Waals surface area contributed by atoms with Gasteiger partial charge in [-0.1, -0.05) is 28.1 Å². The van der Waals surface area contributed by atoms with E-state index < -0.39 is 0 Å². The molecule has 2 amide bonds. The summed E-state index contributed by atoms with van der Waals surface area (Å²) in [6, 6.07) is 15.5. The molecule has 0 bridgehead atoms. The Morgan fingerprint density at radius 1 is 1.26 bits per heavy atom. The standard InChI is InChI=1S/C22H24BrN5O2S/c1-15-14-27(10-11-28(15)21(29)24-18-8-6-17(23)7-9-18)22-25-20(26-31-22)13-16-4-3-5-19(12-16)30-2/h3-9,12,15H,10-11,13-14H2,1-2H3,(H,24,29). The van der Waals surface area contributed by atoms with Crippen LogP contribution in [0.2, 0.25) is 0 Å². The van der Waals surface area contributed by atoms with Crippen molar-refractivity contribution in [3.8, 4) is 5.75 Å². The fraction of sp³-hybridized carbons (Fsp3) is 0.318. The lowest BCUT2D eigenvalue weighted by atomic mass is 10.1. The Balaban J connectivity index is 1.35. The molecule has 1 N–H and O–H groups in total. The highest BCUT2D eigenvalue weighted by Gasteiger charge is 2.29. The minimum absolute atomic E-state index is 0.0648. The van der Waals surface area contributed by atoms with Gasteiger partial charge in [0.05, 0.1) is 7.11 Å². The lowest BCUT2D eigenvalue weighted by molar-refractivity contribution is 0.185. The van der Waals surface area contributed by atoms with Crippen LogP contribution >= 0.6 is 27.5 Å². The zero-order valence-corrected chi connectivity index (χ0v) is 19.8. The van der Waals surface area contributed by atoms with Gasteiger partial charge in [0, 0.05) is 53.8 Å². The summed E-state index contributed by atoms with van der Waals surface area (Å²) < 4.78 is 10.8. The molecule has 1 aliphatic rings. The number of hydrogen-bond donors (Lipinski definition) is 1. The lowest BCUT2D eigenvalue weighted by Gasteiger charge is -2.39. The number of hydrogen-bond acceptors (Lipinski definition) is 6. The van der Waals surface area contributed by atoms with E-state index in [1.54, 1.807) is 7.11 Å². The van der Waals surface area contributed by atoms with E-state index in [0.717, 1.165) is 45.5 Å². The fourth-order valence-electron chi connectivity index (χ4n) is 3.57. The van der Waals surface area contributed by atoms with Crippen molar-refractivity contribution >= 4 is 44.3 Å². The van der Waals surface area contributed by atoms with Crippen LogP contribution in [-0.4, -0.2) is 53.1 Å². The number of urea groups is 1. The van der Waals surface area contributed by atoms with Crippen molar-refractivity contribution in [3.05, 3.63) is 64.4 Å². The molecule has 7 nitrogen and oxygen atoms in total. The summed E-state index contributed by atoms with van der Waals surface area (Å²) in [5.74, 6) is 1.63. The smallest absolute Gasteiger partial charge is 0.322 e. The molecule has 4 rings (SSSR count). The zero-order chi connectivity index (χ0) is 21.8. The molecule has 162 valence electrons. The van der Waals surface area contributed by atoms with Crippen LogP contribution in [0.15, 0.2) is 53.0 Å². The van der Waals surface area contributed by atoms with Crippen LogP contribution in [0.25, 0.3) is 0 Å². The SMILES string of the molecule is COc1cccc(Cc2nsc(N3CCN(C(=O)Nc4ccc(Br)cc4)C(C)C3)n2)c1. The summed E-state index contributed by atoms with van der Waals surface area (Å²) in [4.78, 5) is 21.5. The first-order valence-electron chi connectivity index (χ1n) is 10.1. The molecule has 1 aromatic heterocycles. The number of anilines is 2. The van der Waals surface area contributed by atoms with E-state index in [2.05, 4.69) is 37.4 Å². The summed E-state index contributed by atoms with van der Waals surface area (Å²) in [7, 11) is 1.66. The maximum atomic E-state index is 12.7. The molecule has 2 heterocycles. The Kier molecular flexibility index (Phi) is 6.72. The van der Waals surface area contributed by atoms with Crippen molar-refractivity contribution in [2.45, 2.75) is 19.4 Å². The maximum Gasteiger partial charge on any atom is 0.322 e. The number of carbonyl (C=O) groups excluding carboxylic acids is 1. The number of rotatable bonds is 5. The summed E-state index contributed by atoms with van der Waals surface area (Å²) >= 11 is 4.82. The van der Waals surface area contributed by atoms with Gasteiger partial charge >= 0.3 is 6.03 Å². The monoisotopic (exact) mass is 501 g/mol. The van der Waals surface area contributed by atoms with Crippen molar-refractivity contribution in [2.75, 3.05) is 37.0 Å². The van der Waals surface area contributed by atoms with Gasteiger partial charge in [-0.25, -0.2) is 9.78 Å². The first-order chi connectivity index (χ1) is 15.0. The average molecular weight is 502 g/mol. The minimum Gasteiger partial charge on any atom is -0.497 e. The second-order valence-corrected chi connectivity index (χ2v) is 9.09. The Morgan fingerprint density at radius 3 is 2.81 bits per heavy atom. The zero-order valence-electron chi connectivity index (χ0n) is 17.4. The molecule has 2 aromatic carbocycles. The third-order valence-corrected chi connectivity index (χ3v) is 6.55. The predicted molar refractivity (Wildman–Crippen MR) is 127 cm³/mol. The topological polar surface area (TPSA) is 70.6 Å². The molecule has 1 fully saturated rings. The maximum absolute atomic E-state index is 12.7. The fourth-order valence-corrected chi connectivity index (χ4v) is 4.56. The first-order valence-corrected chi connectivity index (χ1v) is 11.6. The van der Waals surface area contributed by atoms with Crippen LogP contribution in [0.5, 0.6) is 5.75 Å². The van der Waals surface area contributed by atoms with Gasteiger partial charge in [0.25, 0.3) is 0 Å². The van der Waals surface area contributed by atoms with Crippen LogP contribution < -0.4 is 15.0 Å². The number of ether oxygens (including phenoxy) is 1.